The van der Waals surface area contributed by atoms with E-state index in [2.05, 4.69) is 26.9 Å². The van der Waals surface area contributed by atoms with Crippen molar-refractivity contribution >= 4 is 21.8 Å². The molecular weight excluding hydrogens is 219 g/mol. The second-order valence-corrected chi connectivity index (χ2v) is 5.84. The normalized spacial score (nSPS) is 16.7. The average Bonchev–Trinajstić information content (AvgIpc) is 1.78. The van der Waals surface area contributed by atoms with Crippen LogP contribution in [0.25, 0.3) is 0 Å². The van der Waals surface area contributed by atoms with Gasteiger partial charge in [0.25, 0.3) is 0 Å². The molecule has 0 spiro atoms. The minimum Gasteiger partial charge on any atom is -0.316 e. The Morgan fingerprint density at radius 3 is 2.60 bits per heavy atom. The summed E-state index contributed by atoms with van der Waals surface area (Å²) in [5, 5.41) is 0. The molecule has 0 radical (unpaired) electrons. The van der Waals surface area contributed by atoms with E-state index in [0.29, 0.717) is 6.61 Å². The number of hydrogen-bond acceptors (Lipinski definition) is 2. The van der Waals surface area contributed by atoms with E-state index >= 15 is 0 Å². The fourth-order valence-electron chi connectivity index (χ4n) is 0.529. The lowest BCUT2D eigenvalue weighted by Crippen LogP contribution is -1.87. The fourth-order valence-corrected chi connectivity index (χ4v) is 1.32. The zero-order chi connectivity index (χ0) is 8.04. The largest absolute Gasteiger partial charge is 0.393 e. The fraction of sp³-hybridized carbons (Fsp3) is 1.00. The van der Waals surface area contributed by atoms with Gasteiger partial charge in [0.05, 0.1) is 6.61 Å². The van der Waals surface area contributed by atoms with E-state index in [1.54, 1.807) is 0 Å². The van der Waals surface area contributed by atoms with Gasteiger partial charge in [0.2, 0.25) is 0 Å². The molecule has 62 valence electrons. The third-order valence-electron chi connectivity index (χ3n) is 0.998. The number of halogens is 1. The van der Waals surface area contributed by atoms with E-state index < -0.39 is 6.30 Å². The summed E-state index contributed by atoms with van der Waals surface area (Å²) < 4.78 is 15.0. The van der Waals surface area contributed by atoms with Gasteiger partial charge in [-0.15, -0.1) is 0 Å². The molecule has 0 saturated carbocycles. The predicted octanol–water partition coefficient (Wildman–Crippen LogP) is 2.69. The van der Waals surface area contributed by atoms with Crippen molar-refractivity contribution in [2.45, 2.75) is 26.2 Å². The summed E-state index contributed by atoms with van der Waals surface area (Å²) in [4.78, 5) is 8.57. The summed E-state index contributed by atoms with van der Waals surface area (Å²) in [6, 6.07) is 0. The molecule has 0 bridgehead atoms. The van der Waals surface area contributed by atoms with Gasteiger partial charge in [0, 0.05) is 15.5 Å². The lowest BCUT2D eigenvalue weighted by molar-refractivity contribution is 0.270. The first-order valence-corrected chi connectivity index (χ1v) is 6.83. The molecular formula is C5H12BrO3P. The molecule has 0 rings (SSSR count). The standard InChI is InChI=1S/C5H12BrO3P/c1-2-3-4-5-9-10(6,7)8/h2-5H2,1H3,(H,7,8). The smallest absolute Gasteiger partial charge is 0.316 e. The van der Waals surface area contributed by atoms with E-state index in [-0.39, 0.29) is 0 Å². The van der Waals surface area contributed by atoms with Crippen molar-refractivity contribution in [1.29, 1.82) is 0 Å². The van der Waals surface area contributed by atoms with E-state index in [0.717, 1.165) is 19.3 Å². The first-order chi connectivity index (χ1) is 4.56. The topological polar surface area (TPSA) is 46.5 Å². The maximum atomic E-state index is 10.4. The second-order valence-electron chi connectivity index (χ2n) is 1.99. The Balaban J connectivity index is 3.13. The molecule has 10 heavy (non-hydrogen) atoms. The van der Waals surface area contributed by atoms with Crippen LogP contribution in [-0.4, -0.2) is 11.5 Å². The van der Waals surface area contributed by atoms with Gasteiger partial charge in [-0.3, -0.25) is 0 Å². The summed E-state index contributed by atoms with van der Waals surface area (Å²) in [7, 11) is 0. The number of unbranched alkanes of at least 4 members (excludes halogenated alkanes) is 2. The van der Waals surface area contributed by atoms with Crippen molar-refractivity contribution in [3.8, 4) is 0 Å². The SMILES string of the molecule is CCCCCOP(=O)(O)Br. The van der Waals surface area contributed by atoms with Crippen LogP contribution in [0.15, 0.2) is 0 Å². The zero-order valence-corrected chi connectivity index (χ0v) is 8.40. The van der Waals surface area contributed by atoms with Gasteiger partial charge in [0.15, 0.2) is 0 Å². The molecule has 0 aliphatic rings. The van der Waals surface area contributed by atoms with Crippen molar-refractivity contribution < 1.29 is 14.0 Å². The lowest BCUT2D eigenvalue weighted by atomic mass is 10.3. The molecule has 0 aromatic rings. The third-order valence-corrected chi connectivity index (χ3v) is 2.11. The monoisotopic (exact) mass is 230 g/mol. The summed E-state index contributed by atoms with van der Waals surface area (Å²) in [5.41, 5.74) is 0. The molecule has 0 amide bonds. The van der Waals surface area contributed by atoms with Crippen LogP contribution in [0.3, 0.4) is 0 Å². The molecule has 1 atom stereocenters. The summed E-state index contributed by atoms with van der Waals surface area (Å²) in [6.45, 7) is 2.42. The molecule has 1 N–H and O–H groups in total. The molecule has 1 unspecified atom stereocenters. The zero-order valence-electron chi connectivity index (χ0n) is 5.92. The van der Waals surface area contributed by atoms with Crippen molar-refractivity contribution in [1.82, 2.24) is 0 Å². The second kappa shape index (κ2) is 5.30. The quantitative estimate of drug-likeness (QED) is 0.584. The van der Waals surface area contributed by atoms with Gasteiger partial charge in [-0.05, 0) is 6.42 Å². The van der Waals surface area contributed by atoms with Gasteiger partial charge in [-0.1, -0.05) is 19.8 Å². The van der Waals surface area contributed by atoms with E-state index in [1.165, 1.54) is 0 Å². The van der Waals surface area contributed by atoms with E-state index in [4.69, 9.17) is 4.89 Å². The van der Waals surface area contributed by atoms with Crippen LogP contribution < -0.4 is 0 Å². The molecule has 5 heteroatoms. The molecule has 0 saturated heterocycles. The van der Waals surface area contributed by atoms with Crippen molar-refractivity contribution in [2.24, 2.45) is 0 Å². The van der Waals surface area contributed by atoms with Crippen molar-refractivity contribution in [3.63, 3.8) is 0 Å². The third kappa shape index (κ3) is 8.63. The van der Waals surface area contributed by atoms with Crippen LogP contribution in [0.4, 0.5) is 0 Å². The van der Waals surface area contributed by atoms with Crippen LogP contribution in [0.2, 0.25) is 0 Å². The number of hydrogen-bond donors (Lipinski definition) is 1. The molecule has 0 heterocycles. The molecule has 0 aliphatic heterocycles. The molecule has 3 nitrogen and oxygen atoms in total. The van der Waals surface area contributed by atoms with E-state index in [1.807, 2.05) is 0 Å². The molecule has 0 aromatic carbocycles. The maximum Gasteiger partial charge on any atom is 0.393 e. The highest BCUT2D eigenvalue weighted by molar-refractivity contribution is 9.39. The Bertz CT molecular complexity index is 122. The maximum absolute atomic E-state index is 10.4. The highest BCUT2D eigenvalue weighted by Crippen LogP contribution is 2.50. The molecule has 0 aliphatic carbocycles. The van der Waals surface area contributed by atoms with Crippen LogP contribution in [0, 0.1) is 0 Å². The van der Waals surface area contributed by atoms with Gasteiger partial charge in [-0.2, -0.15) is 0 Å². The first-order valence-electron chi connectivity index (χ1n) is 3.23. The van der Waals surface area contributed by atoms with Crippen LogP contribution in [0.5, 0.6) is 0 Å². The van der Waals surface area contributed by atoms with Crippen LogP contribution in [-0.2, 0) is 9.09 Å². The van der Waals surface area contributed by atoms with Gasteiger partial charge < -0.3 is 9.42 Å². The molecule has 0 fully saturated rings. The Labute approximate surface area is 69.0 Å². The van der Waals surface area contributed by atoms with Gasteiger partial charge in [0.1, 0.15) is 0 Å². The van der Waals surface area contributed by atoms with Gasteiger partial charge >= 0.3 is 6.30 Å². The predicted molar refractivity (Wildman–Crippen MR) is 44.2 cm³/mol. The van der Waals surface area contributed by atoms with E-state index in [9.17, 15) is 4.57 Å². The minimum absolute atomic E-state index is 0.354. The minimum atomic E-state index is -3.39. The number of rotatable bonds is 5. The Morgan fingerprint density at radius 2 is 2.20 bits per heavy atom. The Morgan fingerprint density at radius 1 is 1.60 bits per heavy atom. The Kier molecular flexibility index (Phi) is 5.64. The van der Waals surface area contributed by atoms with Gasteiger partial charge in [-0.25, -0.2) is 4.57 Å². The highest BCUT2D eigenvalue weighted by atomic mass is 79.9. The first kappa shape index (κ1) is 10.6. The summed E-state index contributed by atoms with van der Waals surface area (Å²) >= 11 is 2.52. The van der Waals surface area contributed by atoms with Crippen molar-refractivity contribution in [2.75, 3.05) is 6.61 Å². The highest BCUT2D eigenvalue weighted by Gasteiger charge is 2.11. The lowest BCUT2D eigenvalue weighted by Gasteiger charge is -2.02. The summed E-state index contributed by atoms with van der Waals surface area (Å²) in [5.74, 6) is 0. The average molecular weight is 231 g/mol. The Hall–Kier alpha value is 0.630. The van der Waals surface area contributed by atoms with Crippen LogP contribution in [0.1, 0.15) is 26.2 Å². The molecule has 0 aromatic heterocycles. The van der Waals surface area contributed by atoms with Crippen LogP contribution >= 0.6 is 21.8 Å². The van der Waals surface area contributed by atoms with Crippen molar-refractivity contribution in [3.05, 3.63) is 0 Å². The summed E-state index contributed by atoms with van der Waals surface area (Å²) in [6.07, 6.45) is -0.434.